The van der Waals surface area contributed by atoms with Gasteiger partial charge in [0.25, 0.3) is 0 Å². The molecule has 1 unspecified atom stereocenters. The van der Waals surface area contributed by atoms with Gasteiger partial charge in [-0.3, -0.25) is 9.79 Å². The van der Waals surface area contributed by atoms with Gasteiger partial charge in [0.15, 0.2) is 17.5 Å². The molecule has 136 valence electrons. The molecule has 0 aromatic heterocycles. The third-order valence-electron chi connectivity index (χ3n) is 4.33. The largest absolute Gasteiger partial charge is 0.490 e. The first-order chi connectivity index (χ1) is 12.2. The Balaban J connectivity index is 1.55. The Bertz CT molecular complexity index is 647. The number of guanidine groups is 1. The van der Waals surface area contributed by atoms with Crippen molar-refractivity contribution < 1.29 is 14.3 Å². The monoisotopic (exact) mass is 346 g/mol. The van der Waals surface area contributed by atoms with Crippen LogP contribution in [0.4, 0.5) is 5.69 Å². The lowest BCUT2D eigenvalue weighted by atomic mass is 10.1. The average molecular weight is 346 g/mol. The second-order valence-corrected chi connectivity index (χ2v) is 6.47. The van der Waals surface area contributed by atoms with Crippen LogP contribution in [0.3, 0.4) is 0 Å². The molecular formula is C18H26N4O3. The van der Waals surface area contributed by atoms with Gasteiger partial charge in [0.05, 0.1) is 13.2 Å². The lowest BCUT2D eigenvalue weighted by molar-refractivity contribution is -0.127. The Morgan fingerprint density at radius 1 is 1.36 bits per heavy atom. The van der Waals surface area contributed by atoms with Crippen LogP contribution in [-0.4, -0.2) is 49.6 Å². The summed E-state index contributed by atoms with van der Waals surface area (Å²) < 4.78 is 11.3. The first kappa shape index (κ1) is 17.4. The molecule has 0 aliphatic carbocycles. The molecule has 1 saturated heterocycles. The standard InChI is InChI=1S/C18H26N4O3/c1-2-6-22-12-13(9-17(22)23)11-20-18(19)21-14-4-5-15-16(10-14)25-8-3-7-24-15/h4-5,10,13H,2-3,6-9,11-12H2,1H3,(H3,19,20,21). The van der Waals surface area contributed by atoms with Crippen molar-refractivity contribution in [2.75, 3.05) is 38.2 Å². The first-order valence-corrected chi connectivity index (χ1v) is 8.90. The van der Waals surface area contributed by atoms with Gasteiger partial charge in [-0.25, -0.2) is 0 Å². The van der Waals surface area contributed by atoms with Crippen LogP contribution in [0.1, 0.15) is 26.2 Å². The zero-order valence-electron chi connectivity index (χ0n) is 14.7. The van der Waals surface area contributed by atoms with Gasteiger partial charge >= 0.3 is 0 Å². The van der Waals surface area contributed by atoms with E-state index in [1.807, 2.05) is 23.1 Å². The quantitative estimate of drug-likeness (QED) is 0.627. The Morgan fingerprint density at radius 3 is 2.96 bits per heavy atom. The normalized spacial score (nSPS) is 20.5. The van der Waals surface area contributed by atoms with Crippen molar-refractivity contribution in [3.05, 3.63) is 18.2 Å². The van der Waals surface area contributed by atoms with Gasteiger partial charge in [-0.2, -0.15) is 0 Å². The van der Waals surface area contributed by atoms with E-state index < -0.39 is 0 Å². The molecule has 25 heavy (non-hydrogen) atoms. The van der Waals surface area contributed by atoms with Gasteiger partial charge < -0.3 is 25.4 Å². The molecule has 1 atom stereocenters. The summed E-state index contributed by atoms with van der Waals surface area (Å²) in [7, 11) is 0. The number of amides is 1. The first-order valence-electron chi connectivity index (χ1n) is 8.90. The van der Waals surface area contributed by atoms with Crippen LogP contribution >= 0.6 is 0 Å². The van der Waals surface area contributed by atoms with Gasteiger partial charge in [-0.1, -0.05) is 6.92 Å². The summed E-state index contributed by atoms with van der Waals surface area (Å²) >= 11 is 0. The molecule has 0 saturated carbocycles. The van der Waals surface area contributed by atoms with Crippen LogP contribution < -0.4 is 20.5 Å². The van der Waals surface area contributed by atoms with Crippen molar-refractivity contribution in [3.63, 3.8) is 0 Å². The highest BCUT2D eigenvalue weighted by molar-refractivity contribution is 5.92. The number of nitrogens with zero attached hydrogens (tertiary/aromatic N) is 2. The molecule has 7 heteroatoms. The minimum Gasteiger partial charge on any atom is -0.490 e. The number of nitrogens with two attached hydrogens (primary N) is 1. The number of likely N-dealkylation sites (tertiary alicyclic amines) is 1. The van der Waals surface area contributed by atoms with Crippen molar-refractivity contribution in [3.8, 4) is 11.5 Å². The number of carbonyl (C=O) groups excluding carboxylic acids is 1. The average Bonchev–Trinajstić information content (AvgIpc) is 2.80. The Labute approximate surface area is 148 Å². The number of hydrogen-bond donors (Lipinski definition) is 2. The molecular weight excluding hydrogens is 320 g/mol. The predicted molar refractivity (Wildman–Crippen MR) is 97.1 cm³/mol. The molecule has 0 bridgehead atoms. The molecule has 7 nitrogen and oxygen atoms in total. The summed E-state index contributed by atoms with van der Waals surface area (Å²) in [6.45, 7) is 5.53. The van der Waals surface area contributed by atoms with E-state index in [1.165, 1.54) is 0 Å². The minimum atomic E-state index is 0.219. The fraction of sp³-hybridized carbons (Fsp3) is 0.556. The fourth-order valence-electron chi connectivity index (χ4n) is 3.12. The second kappa shape index (κ2) is 8.09. The van der Waals surface area contributed by atoms with Crippen LogP contribution in [0.5, 0.6) is 11.5 Å². The van der Waals surface area contributed by atoms with Crippen molar-refractivity contribution in [1.29, 1.82) is 0 Å². The molecule has 3 N–H and O–H groups in total. The smallest absolute Gasteiger partial charge is 0.222 e. The van der Waals surface area contributed by atoms with E-state index in [0.717, 1.165) is 37.4 Å². The van der Waals surface area contributed by atoms with E-state index in [4.69, 9.17) is 15.2 Å². The summed E-state index contributed by atoms with van der Waals surface area (Å²) in [6.07, 6.45) is 2.41. The molecule has 1 aromatic carbocycles. The Hall–Kier alpha value is -2.44. The summed E-state index contributed by atoms with van der Waals surface area (Å²) in [6, 6.07) is 5.62. The van der Waals surface area contributed by atoms with E-state index in [0.29, 0.717) is 37.9 Å². The Kier molecular flexibility index (Phi) is 5.63. The minimum absolute atomic E-state index is 0.219. The maximum absolute atomic E-state index is 11.9. The van der Waals surface area contributed by atoms with Gasteiger partial charge in [0, 0.05) is 50.1 Å². The van der Waals surface area contributed by atoms with Crippen molar-refractivity contribution in [2.45, 2.75) is 26.2 Å². The van der Waals surface area contributed by atoms with Crippen molar-refractivity contribution in [2.24, 2.45) is 16.6 Å². The molecule has 1 amide bonds. The Morgan fingerprint density at radius 2 is 2.16 bits per heavy atom. The van der Waals surface area contributed by atoms with E-state index in [2.05, 4.69) is 17.2 Å². The van der Waals surface area contributed by atoms with Gasteiger partial charge in [0.1, 0.15) is 0 Å². The molecule has 2 heterocycles. The van der Waals surface area contributed by atoms with Crippen LogP contribution in [-0.2, 0) is 4.79 Å². The number of hydrogen-bond acceptors (Lipinski definition) is 4. The van der Waals surface area contributed by atoms with E-state index in [1.54, 1.807) is 0 Å². The maximum Gasteiger partial charge on any atom is 0.222 e. The highest BCUT2D eigenvalue weighted by Crippen LogP contribution is 2.32. The van der Waals surface area contributed by atoms with Gasteiger partial charge in [0.2, 0.25) is 5.91 Å². The van der Waals surface area contributed by atoms with E-state index >= 15 is 0 Å². The highest BCUT2D eigenvalue weighted by atomic mass is 16.5. The molecule has 1 aromatic rings. The fourth-order valence-corrected chi connectivity index (χ4v) is 3.12. The summed E-state index contributed by atoms with van der Waals surface area (Å²) in [5.74, 6) is 2.27. The number of nitrogens with one attached hydrogen (secondary N) is 1. The number of fused-ring (bicyclic) bond motifs is 1. The highest BCUT2D eigenvalue weighted by Gasteiger charge is 2.28. The molecule has 2 aliphatic rings. The molecule has 0 spiro atoms. The molecule has 2 aliphatic heterocycles. The third kappa shape index (κ3) is 4.55. The number of rotatable bonds is 5. The molecule has 0 radical (unpaired) electrons. The van der Waals surface area contributed by atoms with Gasteiger partial charge in [-0.05, 0) is 18.6 Å². The number of anilines is 1. The lowest BCUT2D eigenvalue weighted by Gasteiger charge is -2.14. The summed E-state index contributed by atoms with van der Waals surface area (Å²) in [5, 5.41) is 3.08. The molecule has 3 rings (SSSR count). The number of ether oxygens (including phenoxy) is 2. The number of benzene rings is 1. The zero-order chi connectivity index (χ0) is 17.6. The van der Waals surface area contributed by atoms with Crippen LogP contribution in [0.15, 0.2) is 23.2 Å². The van der Waals surface area contributed by atoms with E-state index in [-0.39, 0.29) is 11.8 Å². The van der Waals surface area contributed by atoms with Crippen molar-refractivity contribution >= 4 is 17.6 Å². The summed E-state index contributed by atoms with van der Waals surface area (Å²) in [5.41, 5.74) is 6.79. The molecule has 1 fully saturated rings. The second-order valence-electron chi connectivity index (χ2n) is 6.47. The predicted octanol–water partition coefficient (Wildman–Crippen LogP) is 1.83. The number of carbonyl (C=O) groups is 1. The maximum atomic E-state index is 11.9. The van der Waals surface area contributed by atoms with Crippen LogP contribution in [0.25, 0.3) is 0 Å². The topological polar surface area (TPSA) is 89.2 Å². The van der Waals surface area contributed by atoms with Crippen LogP contribution in [0.2, 0.25) is 0 Å². The SMILES string of the molecule is CCCN1CC(CN=C(N)Nc2ccc3c(c2)OCCCO3)CC1=O. The number of aliphatic imine (C=N–C) groups is 1. The van der Waals surface area contributed by atoms with Gasteiger partial charge in [-0.15, -0.1) is 0 Å². The van der Waals surface area contributed by atoms with E-state index in [9.17, 15) is 4.79 Å². The lowest BCUT2D eigenvalue weighted by Crippen LogP contribution is -2.26. The van der Waals surface area contributed by atoms with Crippen molar-refractivity contribution in [1.82, 2.24) is 4.90 Å². The summed E-state index contributed by atoms with van der Waals surface area (Å²) in [4.78, 5) is 18.2. The van der Waals surface area contributed by atoms with Crippen LogP contribution in [0, 0.1) is 5.92 Å². The third-order valence-corrected chi connectivity index (χ3v) is 4.33. The zero-order valence-corrected chi connectivity index (χ0v) is 14.7.